The van der Waals surface area contributed by atoms with Crippen LogP contribution in [0.3, 0.4) is 0 Å². The molecule has 1 aliphatic rings. The van der Waals surface area contributed by atoms with Crippen LogP contribution in [0.5, 0.6) is 0 Å². The quantitative estimate of drug-likeness (QED) is 0.827. The number of nitrogens with zero attached hydrogens (tertiary/aromatic N) is 2. The lowest BCUT2D eigenvalue weighted by Crippen LogP contribution is -2.39. The molecule has 0 fully saturated rings. The number of nitrogens with two attached hydrogens (primary N) is 1. The maximum atomic E-state index is 5.89. The van der Waals surface area contributed by atoms with Gasteiger partial charge in [-0.1, -0.05) is 19.9 Å². The van der Waals surface area contributed by atoms with Crippen LogP contribution < -0.4 is 5.73 Å². The van der Waals surface area contributed by atoms with Crippen molar-refractivity contribution in [1.29, 1.82) is 0 Å². The van der Waals surface area contributed by atoms with E-state index in [1.807, 2.05) is 6.07 Å². The minimum absolute atomic E-state index is 0.628. The molecule has 1 heterocycles. The first-order valence-electron chi connectivity index (χ1n) is 7.21. The smallest absolute Gasteiger partial charge is 0.0317 e. The van der Waals surface area contributed by atoms with Gasteiger partial charge in [-0.2, -0.15) is 0 Å². The minimum Gasteiger partial charge on any atom is -0.399 e. The number of hydrogen-bond acceptors (Lipinski definition) is 3. The summed E-state index contributed by atoms with van der Waals surface area (Å²) in [5, 5.41) is 0. The van der Waals surface area contributed by atoms with E-state index in [1.54, 1.807) is 0 Å². The van der Waals surface area contributed by atoms with Crippen LogP contribution in [-0.2, 0) is 13.1 Å². The van der Waals surface area contributed by atoms with Crippen molar-refractivity contribution in [2.45, 2.75) is 39.4 Å². The molecule has 1 aromatic rings. The van der Waals surface area contributed by atoms with E-state index in [4.69, 9.17) is 5.73 Å². The summed E-state index contributed by atoms with van der Waals surface area (Å²) < 4.78 is 0. The lowest BCUT2D eigenvalue weighted by molar-refractivity contribution is 0.141. The molecule has 2 rings (SSSR count). The van der Waals surface area contributed by atoms with Crippen LogP contribution in [0.1, 0.15) is 31.4 Å². The summed E-state index contributed by atoms with van der Waals surface area (Å²) in [6, 6.07) is 6.97. The highest BCUT2D eigenvalue weighted by Gasteiger charge is 2.26. The first-order valence-corrected chi connectivity index (χ1v) is 7.21. The second-order valence-electron chi connectivity index (χ2n) is 6.48. The zero-order chi connectivity index (χ0) is 14.0. The first-order chi connectivity index (χ1) is 8.95. The summed E-state index contributed by atoms with van der Waals surface area (Å²) in [6.07, 6.45) is 1.25. The van der Waals surface area contributed by atoms with Gasteiger partial charge in [0.1, 0.15) is 0 Å². The van der Waals surface area contributed by atoms with Crippen LogP contribution in [0.4, 0.5) is 5.69 Å². The Labute approximate surface area is 117 Å². The number of fused-ring (bicyclic) bond motifs is 1. The molecule has 19 heavy (non-hydrogen) atoms. The second kappa shape index (κ2) is 5.93. The van der Waals surface area contributed by atoms with Gasteiger partial charge in [-0.25, -0.2) is 0 Å². The van der Waals surface area contributed by atoms with Crippen LogP contribution in [-0.4, -0.2) is 36.5 Å². The molecular weight excluding hydrogens is 234 g/mol. The van der Waals surface area contributed by atoms with Crippen molar-refractivity contribution < 1.29 is 0 Å². The second-order valence-corrected chi connectivity index (χ2v) is 6.48. The molecular formula is C16H27N3. The lowest BCUT2D eigenvalue weighted by atomic mass is 10.0. The van der Waals surface area contributed by atoms with Gasteiger partial charge in [0.05, 0.1) is 0 Å². The number of nitrogen functional groups attached to an aromatic ring is 1. The molecule has 3 nitrogen and oxygen atoms in total. The first kappa shape index (κ1) is 14.4. The molecule has 0 spiro atoms. The van der Waals surface area contributed by atoms with Crippen molar-refractivity contribution in [2.24, 2.45) is 5.92 Å². The molecule has 1 unspecified atom stereocenters. The predicted molar refractivity (Wildman–Crippen MR) is 81.9 cm³/mol. The maximum Gasteiger partial charge on any atom is 0.0317 e. The number of hydrogen-bond donors (Lipinski definition) is 1. The van der Waals surface area contributed by atoms with E-state index in [0.29, 0.717) is 6.04 Å². The highest BCUT2D eigenvalue weighted by Crippen LogP contribution is 2.28. The Morgan fingerprint density at radius 2 is 1.89 bits per heavy atom. The molecule has 0 radical (unpaired) electrons. The van der Waals surface area contributed by atoms with Crippen molar-refractivity contribution in [1.82, 2.24) is 9.80 Å². The Morgan fingerprint density at radius 3 is 2.53 bits per heavy atom. The van der Waals surface area contributed by atoms with E-state index in [2.05, 4.69) is 49.9 Å². The average Bonchev–Trinajstić information content (AvgIpc) is 2.69. The zero-order valence-electron chi connectivity index (χ0n) is 12.7. The molecule has 0 bridgehead atoms. The van der Waals surface area contributed by atoms with E-state index in [0.717, 1.165) is 31.2 Å². The van der Waals surface area contributed by atoms with Gasteiger partial charge in [0.25, 0.3) is 0 Å². The molecule has 0 saturated carbocycles. The Hall–Kier alpha value is -1.06. The molecule has 1 aliphatic heterocycles. The van der Waals surface area contributed by atoms with Gasteiger partial charge in [0, 0.05) is 31.4 Å². The fourth-order valence-electron chi connectivity index (χ4n) is 3.00. The Morgan fingerprint density at radius 1 is 1.21 bits per heavy atom. The molecule has 0 aliphatic carbocycles. The molecule has 0 aromatic heterocycles. The van der Waals surface area contributed by atoms with Crippen molar-refractivity contribution in [3.05, 3.63) is 29.3 Å². The van der Waals surface area contributed by atoms with E-state index < -0.39 is 0 Å². The highest BCUT2D eigenvalue weighted by molar-refractivity contribution is 5.46. The summed E-state index contributed by atoms with van der Waals surface area (Å²) in [6.45, 7) is 7.86. The fraction of sp³-hybridized carbons (Fsp3) is 0.625. The third-order valence-electron chi connectivity index (χ3n) is 3.81. The number of rotatable bonds is 5. The molecule has 3 heteroatoms. The summed E-state index contributed by atoms with van der Waals surface area (Å²) >= 11 is 0. The maximum absolute atomic E-state index is 5.89. The third-order valence-corrected chi connectivity index (χ3v) is 3.81. The van der Waals surface area contributed by atoms with Gasteiger partial charge < -0.3 is 10.6 Å². The van der Waals surface area contributed by atoms with Crippen LogP contribution in [0.2, 0.25) is 0 Å². The fourth-order valence-corrected chi connectivity index (χ4v) is 3.00. The summed E-state index contributed by atoms with van der Waals surface area (Å²) in [5.41, 5.74) is 9.63. The van der Waals surface area contributed by atoms with Crippen LogP contribution in [0, 0.1) is 5.92 Å². The number of benzene rings is 1. The largest absolute Gasteiger partial charge is 0.399 e. The van der Waals surface area contributed by atoms with Gasteiger partial charge in [0.15, 0.2) is 0 Å². The molecule has 0 amide bonds. The van der Waals surface area contributed by atoms with Gasteiger partial charge in [-0.15, -0.1) is 0 Å². The van der Waals surface area contributed by atoms with Crippen molar-refractivity contribution in [3.8, 4) is 0 Å². The van der Waals surface area contributed by atoms with Crippen molar-refractivity contribution >= 4 is 5.69 Å². The van der Waals surface area contributed by atoms with E-state index in [1.165, 1.54) is 17.5 Å². The summed E-state index contributed by atoms with van der Waals surface area (Å²) in [7, 11) is 4.32. The number of anilines is 1. The van der Waals surface area contributed by atoms with Gasteiger partial charge >= 0.3 is 0 Å². The Kier molecular flexibility index (Phi) is 4.48. The van der Waals surface area contributed by atoms with E-state index >= 15 is 0 Å². The van der Waals surface area contributed by atoms with E-state index in [-0.39, 0.29) is 0 Å². The SMILES string of the molecule is CC(C)CC(CN(C)C)N1Cc2ccc(N)cc2C1. The monoisotopic (exact) mass is 261 g/mol. The molecule has 2 N–H and O–H groups in total. The lowest BCUT2D eigenvalue weighted by Gasteiger charge is -2.31. The minimum atomic E-state index is 0.628. The normalized spacial score (nSPS) is 17.2. The topological polar surface area (TPSA) is 32.5 Å². The van der Waals surface area contributed by atoms with Crippen LogP contribution in [0.15, 0.2) is 18.2 Å². The average molecular weight is 261 g/mol. The number of likely N-dealkylation sites (N-methyl/N-ethyl adjacent to an activating group) is 1. The van der Waals surface area contributed by atoms with Crippen LogP contribution in [0.25, 0.3) is 0 Å². The summed E-state index contributed by atoms with van der Waals surface area (Å²) in [4.78, 5) is 4.90. The summed E-state index contributed by atoms with van der Waals surface area (Å²) in [5.74, 6) is 0.735. The van der Waals surface area contributed by atoms with Gasteiger partial charge in [0.2, 0.25) is 0 Å². The molecule has 106 valence electrons. The molecule has 1 aromatic carbocycles. The Balaban J connectivity index is 2.08. The van der Waals surface area contributed by atoms with Crippen LogP contribution >= 0.6 is 0 Å². The predicted octanol–water partition coefficient (Wildman–Crippen LogP) is 2.56. The third kappa shape index (κ3) is 3.71. The zero-order valence-corrected chi connectivity index (χ0v) is 12.7. The highest BCUT2D eigenvalue weighted by atomic mass is 15.2. The van der Waals surface area contributed by atoms with Gasteiger partial charge in [-0.3, -0.25) is 4.90 Å². The van der Waals surface area contributed by atoms with Gasteiger partial charge in [-0.05, 0) is 49.7 Å². The molecule has 1 atom stereocenters. The van der Waals surface area contributed by atoms with Crippen molar-refractivity contribution in [2.75, 3.05) is 26.4 Å². The Bertz CT molecular complexity index is 416. The standard InChI is InChI=1S/C16H27N3/c1-12(2)7-16(11-18(3)4)19-9-13-5-6-15(17)8-14(13)10-19/h5-6,8,12,16H,7,9-11,17H2,1-4H3. The van der Waals surface area contributed by atoms with E-state index in [9.17, 15) is 0 Å². The molecule has 0 saturated heterocycles. The van der Waals surface area contributed by atoms with Crippen molar-refractivity contribution in [3.63, 3.8) is 0 Å².